The first-order valence-corrected chi connectivity index (χ1v) is 11.7. The van der Waals surface area contributed by atoms with E-state index in [0.29, 0.717) is 15.7 Å². The van der Waals surface area contributed by atoms with Crippen molar-refractivity contribution in [3.63, 3.8) is 0 Å². The molecule has 2 aromatic heterocycles. The van der Waals surface area contributed by atoms with E-state index in [-0.39, 0.29) is 4.69 Å². The summed E-state index contributed by atoms with van der Waals surface area (Å²) in [7, 11) is 1.73. The molecule has 0 saturated carbocycles. The van der Waals surface area contributed by atoms with E-state index < -0.39 is 15.8 Å². The number of carbonyl (C=O) groups excluding carboxylic acids is 1. The van der Waals surface area contributed by atoms with Crippen molar-refractivity contribution < 1.29 is 4.79 Å². The fourth-order valence-electron chi connectivity index (χ4n) is 2.60. The van der Waals surface area contributed by atoms with Gasteiger partial charge in [-0.1, -0.05) is 0 Å². The van der Waals surface area contributed by atoms with Gasteiger partial charge in [0.05, 0.1) is 0 Å². The second-order valence-electron chi connectivity index (χ2n) is 5.78. The number of benzene rings is 2. The Morgan fingerprint density at radius 2 is 2.07 bits per heavy atom. The second kappa shape index (κ2) is 7.64. The number of fused-ring (bicyclic) bond motifs is 1. The van der Waals surface area contributed by atoms with E-state index >= 15 is 0 Å². The molecule has 0 aliphatic carbocycles. The molecule has 4 aromatic rings. The minimum atomic E-state index is -1.06. The molecular formula is C18H13AsCl2N4OS. The number of nitrogens with zero attached hydrogens (tertiary/aromatic N) is 3. The van der Waals surface area contributed by atoms with Crippen molar-refractivity contribution >= 4 is 76.1 Å². The number of aromatic nitrogens is 3. The van der Waals surface area contributed by atoms with Crippen LogP contribution in [0.5, 0.6) is 0 Å². The number of rotatable bonds is 4. The Bertz CT molecular complexity index is 1130. The summed E-state index contributed by atoms with van der Waals surface area (Å²) in [6.07, 6.45) is 0. The average molecular weight is 479 g/mol. The van der Waals surface area contributed by atoms with E-state index in [1.165, 1.54) is 11.3 Å². The van der Waals surface area contributed by atoms with Crippen molar-refractivity contribution in [3.8, 4) is 11.5 Å². The summed E-state index contributed by atoms with van der Waals surface area (Å²) < 4.78 is 1.05. The van der Waals surface area contributed by atoms with E-state index in [2.05, 4.69) is 15.0 Å². The van der Waals surface area contributed by atoms with Crippen molar-refractivity contribution in [1.82, 2.24) is 15.0 Å². The van der Waals surface area contributed by atoms with Crippen LogP contribution in [-0.4, -0.2) is 42.4 Å². The van der Waals surface area contributed by atoms with Crippen LogP contribution in [0.1, 0.15) is 0 Å². The van der Waals surface area contributed by atoms with Gasteiger partial charge in [0.25, 0.3) is 0 Å². The summed E-state index contributed by atoms with van der Waals surface area (Å²) in [6.45, 7) is 0. The number of amides is 1. The molecule has 0 fully saturated rings. The van der Waals surface area contributed by atoms with Crippen molar-refractivity contribution in [2.24, 2.45) is 0 Å². The van der Waals surface area contributed by atoms with E-state index in [4.69, 9.17) is 23.2 Å². The van der Waals surface area contributed by atoms with Gasteiger partial charge in [0.1, 0.15) is 0 Å². The fraction of sp³-hybridized carbons (Fsp3) is 0.0556. The quantitative estimate of drug-likeness (QED) is 0.444. The third-order valence-electron chi connectivity index (χ3n) is 3.98. The van der Waals surface area contributed by atoms with E-state index in [1.54, 1.807) is 35.7 Å². The zero-order valence-electron chi connectivity index (χ0n) is 14.0. The predicted octanol–water partition coefficient (Wildman–Crippen LogP) is 4.31. The SMILES string of the molecule is CN(C(=O)[AsH]c1ccc2[nH]c(-c3cscn3)nc2c1)c1ccc(Cl)cc1Cl. The number of aromatic amines is 1. The monoisotopic (exact) mass is 478 g/mol. The third-order valence-corrected chi connectivity index (χ3v) is 7.52. The summed E-state index contributed by atoms with van der Waals surface area (Å²) in [4.78, 5) is 26.5. The van der Waals surface area contributed by atoms with Gasteiger partial charge in [-0.05, 0) is 0 Å². The van der Waals surface area contributed by atoms with E-state index in [9.17, 15) is 4.79 Å². The van der Waals surface area contributed by atoms with Crippen LogP contribution in [0.2, 0.25) is 10.0 Å². The van der Waals surface area contributed by atoms with Gasteiger partial charge >= 0.3 is 177 Å². The molecule has 2 heterocycles. The summed E-state index contributed by atoms with van der Waals surface area (Å²) in [5.74, 6) is 0.736. The molecule has 2 aromatic carbocycles. The molecule has 0 radical (unpaired) electrons. The first-order valence-electron chi connectivity index (χ1n) is 7.89. The molecule has 5 nitrogen and oxygen atoms in total. The number of thiazole rings is 1. The standard InChI is InChI=1S/C18H13AsCl2N4OS/c1-25(16-5-3-11(20)7-12(16)21)18(26)19-10-2-4-13-14(6-10)24-17(23-13)15-8-27-9-22-15/h2-9,19H,1H3,(H,23,24). The molecule has 0 aliphatic rings. The molecule has 0 aliphatic heterocycles. The Morgan fingerprint density at radius 1 is 1.22 bits per heavy atom. The maximum atomic E-state index is 12.7. The van der Waals surface area contributed by atoms with Crippen LogP contribution in [0, 0.1) is 0 Å². The molecule has 1 unspecified atom stereocenters. The summed E-state index contributed by atoms with van der Waals surface area (Å²) >= 11 is 12.6. The Labute approximate surface area is 176 Å². The molecule has 1 atom stereocenters. The zero-order chi connectivity index (χ0) is 19.0. The number of carbonyl (C=O) groups is 1. The summed E-state index contributed by atoms with van der Waals surface area (Å²) in [5, 5.41) is 2.95. The predicted molar refractivity (Wildman–Crippen MR) is 114 cm³/mol. The Kier molecular flexibility index (Phi) is 5.24. The Morgan fingerprint density at radius 3 is 2.81 bits per heavy atom. The average Bonchev–Trinajstić information content (AvgIpc) is 3.30. The van der Waals surface area contributed by atoms with Crippen LogP contribution in [0.15, 0.2) is 47.3 Å². The number of nitrogens with one attached hydrogen (secondary N) is 1. The minimum absolute atomic E-state index is 0.0498. The van der Waals surface area contributed by atoms with Crippen LogP contribution in [0.4, 0.5) is 10.5 Å². The first kappa shape index (κ1) is 18.5. The van der Waals surface area contributed by atoms with Crippen molar-refractivity contribution in [2.75, 3.05) is 11.9 Å². The molecule has 4 rings (SSSR count). The van der Waals surface area contributed by atoms with Crippen LogP contribution in [-0.2, 0) is 0 Å². The van der Waals surface area contributed by atoms with Crippen molar-refractivity contribution in [2.45, 2.75) is 0 Å². The van der Waals surface area contributed by atoms with E-state index in [0.717, 1.165) is 26.9 Å². The van der Waals surface area contributed by atoms with Gasteiger partial charge in [-0.2, -0.15) is 0 Å². The molecular weight excluding hydrogens is 466 g/mol. The van der Waals surface area contributed by atoms with Crippen LogP contribution in [0.3, 0.4) is 0 Å². The Hall–Kier alpha value is -1.85. The van der Waals surface area contributed by atoms with E-state index in [1.807, 2.05) is 23.6 Å². The molecule has 0 bridgehead atoms. The molecule has 1 amide bonds. The maximum absolute atomic E-state index is 12.7. The van der Waals surface area contributed by atoms with Gasteiger partial charge in [-0.25, -0.2) is 0 Å². The van der Waals surface area contributed by atoms with Crippen LogP contribution in [0.25, 0.3) is 22.6 Å². The van der Waals surface area contributed by atoms with Crippen molar-refractivity contribution in [1.29, 1.82) is 0 Å². The zero-order valence-corrected chi connectivity index (χ0v) is 18.5. The normalized spacial score (nSPS) is 11.5. The number of hydrogen-bond acceptors (Lipinski definition) is 4. The van der Waals surface area contributed by atoms with Gasteiger partial charge in [0.15, 0.2) is 0 Å². The van der Waals surface area contributed by atoms with Gasteiger partial charge in [0.2, 0.25) is 0 Å². The first-order chi connectivity index (χ1) is 13.0. The summed E-state index contributed by atoms with van der Waals surface area (Å²) in [5.41, 5.74) is 5.01. The van der Waals surface area contributed by atoms with Crippen molar-refractivity contribution in [3.05, 3.63) is 57.3 Å². The molecule has 9 heteroatoms. The molecule has 136 valence electrons. The number of halogens is 2. The van der Waals surface area contributed by atoms with Gasteiger partial charge in [-0.3, -0.25) is 0 Å². The van der Waals surface area contributed by atoms with Crippen LogP contribution < -0.4 is 9.25 Å². The number of hydrogen-bond donors (Lipinski definition) is 1. The molecule has 0 saturated heterocycles. The van der Waals surface area contributed by atoms with Crippen LogP contribution >= 0.6 is 34.5 Å². The molecule has 0 spiro atoms. The number of H-pyrrole nitrogens is 1. The van der Waals surface area contributed by atoms with Gasteiger partial charge in [-0.15, -0.1) is 0 Å². The van der Waals surface area contributed by atoms with Gasteiger partial charge < -0.3 is 0 Å². The molecule has 27 heavy (non-hydrogen) atoms. The van der Waals surface area contributed by atoms with Gasteiger partial charge in [0, 0.05) is 0 Å². The Balaban J connectivity index is 1.56. The summed E-state index contributed by atoms with van der Waals surface area (Å²) in [6, 6.07) is 11.0. The topological polar surface area (TPSA) is 61.9 Å². The third kappa shape index (κ3) is 3.90. The fourth-order valence-corrected chi connectivity index (χ4v) is 5.59. The number of anilines is 1. The molecule has 1 N–H and O–H groups in total. The second-order valence-corrected chi connectivity index (χ2v) is 9.97. The number of imidazole rings is 1.